The van der Waals surface area contributed by atoms with Crippen molar-refractivity contribution in [3.8, 4) is 5.88 Å². The Kier molecular flexibility index (Phi) is 6.78. The molecule has 0 aliphatic heterocycles. The number of carboxylic acid groups (broad SMARTS) is 1. The van der Waals surface area contributed by atoms with Crippen molar-refractivity contribution in [1.29, 1.82) is 0 Å². The van der Waals surface area contributed by atoms with Crippen molar-refractivity contribution in [1.82, 2.24) is 10.3 Å². The molecule has 1 amide bonds. The van der Waals surface area contributed by atoms with Crippen LogP contribution in [0.3, 0.4) is 0 Å². The van der Waals surface area contributed by atoms with Crippen LogP contribution < -0.4 is 10.1 Å². The summed E-state index contributed by atoms with van der Waals surface area (Å²) in [6.07, 6.45) is 2.43. The van der Waals surface area contributed by atoms with Crippen molar-refractivity contribution in [2.45, 2.75) is 32.2 Å². The van der Waals surface area contributed by atoms with Gasteiger partial charge in [0.05, 0.1) is 6.61 Å². The first-order valence-electron chi connectivity index (χ1n) is 7.06. The highest BCUT2D eigenvalue weighted by atomic mass is 16.5. The van der Waals surface area contributed by atoms with Crippen molar-refractivity contribution in [2.24, 2.45) is 0 Å². The zero-order chi connectivity index (χ0) is 16.6. The normalized spacial score (nSPS) is 13.2. The van der Waals surface area contributed by atoms with Crippen LogP contribution in [0.2, 0.25) is 0 Å². The molecular formula is C15H22N2O5. The number of aromatic nitrogens is 1. The Labute approximate surface area is 129 Å². The average molecular weight is 310 g/mol. The fourth-order valence-corrected chi connectivity index (χ4v) is 1.90. The standard InChI is InChI=1S/C15H22N2O5/c1-4-6-15(2,14(19)20)17-13(18)11-5-7-16-12(10-11)22-9-8-21-3/h5,7,10H,4,6,8-9H2,1-3H3,(H,17,18)(H,19,20). The maximum atomic E-state index is 12.2. The molecule has 0 spiro atoms. The smallest absolute Gasteiger partial charge is 0.329 e. The van der Waals surface area contributed by atoms with Crippen molar-refractivity contribution < 1.29 is 24.2 Å². The van der Waals surface area contributed by atoms with Crippen LogP contribution in [-0.4, -0.2) is 47.8 Å². The number of rotatable bonds is 9. The summed E-state index contributed by atoms with van der Waals surface area (Å²) in [5.41, 5.74) is -1.00. The Morgan fingerprint density at radius 1 is 1.41 bits per heavy atom. The minimum atomic E-state index is -1.30. The first-order valence-corrected chi connectivity index (χ1v) is 7.06. The van der Waals surface area contributed by atoms with Crippen molar-refractivity contribution in [3.63, 3.8) is 0 Å². The van der Waals surface area contributed by atoms with Crippen LogP contribution in [0.5, 0.6) is 5.88 Å². The number of carboxylic acids is 1. The van der Waals surface area contributed by atoms with Gasteiger partial charge in [0.1, 0.15) is 12.1 Å². The molecule has 22 heavy (non-hydrogen) atoms. The number of hydrogen-bond donors (Lipinski definition) is 2. The minimum Gasteiger partial charge on any atom is -0.480 e. The molecule has 0 radical (unpaired) electrons. The van der Waals surface area contributed by atoms with Crippen LogP contribution >= 0.6 is 0 Å². The molecule has 2 N–H and O–H groups in total. The Bertz CT molecular complexity index is 520. The monoisotopic (exact) mass is 310 g/mol. The van der Waals surface area contributed by atoms with Gasteiger partial charge in [0, 0.05) is 24.9 Å². The Hall–Kier alpha value is -2.15. The zero-order valence-corrected chi connectivity index (χ0v) is 13.1. The molecule has 0 saturated heterocycles. The van der Waals surface area contributed by atoms with Crippen LogP contribution in [0.25, 0.3) is 0 Å². The number of aliphatic carboxylic acids is 1. The van der Waals surface area contributed by atoms with E-state index in [1.165, 1.54) is 25.3 Å². The number of nitrogens with zero attached hydrogens (tertiary/aromatic N) is 1. The second-order valence-electron chi connectivity index (χ2n) is 5.07. The second-order valence-corrected chi connectivity index (χ2v) is 5.07. The number of carbonyl (C=O) groups is 2. The fourth-order valence-electron chi connectivity index (χ4n) is 1.90. The van der Waals surface area contributed by atoms with E-state index in [1.807, 2.05) is 6.92 Å². The number of pyridine rings is 1. The Balaban J connectivity index is 2.80. The highest BCUT2D eigenvalue weighted by molar-refractivity contribution is 5.97. The van der Waals surface area contributed by atoms with Gasteiger partial charge >= 0.3 is 5.97 Å². The van der Waals surface area contributed by atoms with Gasteiger partial charge in [-0.05, 0) is 19.4 Å². The van der Waals surface area contributed by atoms with E-state index in [4.69, 9.17) is 9.47 Å². The van der Waals surface area contributed by atoms with E-state index < -0.39 is 17.4 Å². The fraction of sp³-hybridized carbons (Fsp3) is 0.533. The summed E-state index contributed by atoms with van der Waals surface area (Å²) in [6, 6.07) is 2.98. The molecule has 0 saturated carbocycles. The van der Waals surface area contributed by atoms with E-state index >= 15 is 0 Å². The third-order valence-electron chi connectivity index (χ3n) is 3.15. The molecule has 7 nitrogen and oxygen atoms in total. The molecule has 1 aromatic heterocycles. The topological polar surface area (TPSA) is 97.8 Å². The molecule has 1 atom stereocenters. The second kappa shape index (κ2) is 8.33. The summed E-state index contributed by atoms with van der Waals surface area (Å²) in [6.45, 7) is 4.08. The summed E-state index contributed by atoms with van der Waals surface area (Å²) < 4.78 is 10.2. The lowest BCUT2D eigenvalue weighted by atomic mass is 9.96. The summed E-state index contributed by atoms with van der Waals surface area (Å²) in [4.78, 5) is 27.6. The zero-order valence-electron chi connectivity index (χ0n) is 13.1. The Morgan fingerprint density at radius 3 is 2.73 bits per heavy atom. The molecule has 1 unspecified atom stereocenters. The summed E-state index contributed by atoms with van der Waals surface area (Å²) in [5, 5.41) is 11.8. The quantitative estimate of drug-likeness (QED) is 0.670. The third-order valence-corrected chi connectivity index (χ3v) is 3.15. The van der Waals surface area contributed by atoms with Crippen LogP contribution in [0, 0.1) is 0 Å². The van der Waals surface area contributed by atoms with Crippen LogP contribution in [0.1, 0.15) is 37.0 Å². The molecule has 1 aromatic rings. The number of hydrogen-bond acceptors (Lipinski definition) is 5. The number of nitrogens with one attached hydrogen (secondary N) is 1. The molecule has 0 fully saturated rings. The SMILES string of the molecule is CCCC(C)(NC(=O)c1ccnc(OCCOC)c1)C(=O)O. The van der Waals surface area contributed by atoms with Crippen LogP contribution in [0.15, 0.2) is 18.3 Å². The molecule has 0 aromatic carbocycles. The molecule has 0 aliphatic rings. The van der Waals surface area contributed by atoms with E-state index in [9.17, 15) is 14.7 Å². The Morgan fingerprint density at radius 2 is 2.14 bits per heavy atom. The van der Waals surface area contributed by atoms with E-state index in [1.54, 1.807) is 7.11 Å². The average Bonchev–Trinajstić information content (AvgIpc) is 2.48. The summed E-state index contributed by atoms with van der Waals surface area (Å²) >= 11 is 0. The van der Waals surface area contributed by atoms with Gasteiger partial charge in [-0.3, -0.25) is 4.79 Å². The highest BCUT2D eigenvalue weighted by Crippen LogP contribution is 2.15. The maximum absolute atomic E-state index is 12.2. The van der Waals surface area contributed by atoms with E-state index in [-0.39, 0.29) is 5.88 Å². The summed E-state index contributed by atoms with van der Waals surface area (Å²) in [5.74, 6) is -1.25. The van der Waals surface area contributed by atoms with Gasteiger partial charge in [-0.15, -0.1) is 0 Å². The first-order chi connectivity index (χ1) is 10.4. The van der Waals surface area contributed by atoms with Crippen LogP contribution in [-0.2, 0) is 9.53 Å². The van der Waals surface area contributed by atoms with Gasteiger partial charge in [0.2, 0.25) is 5.88 Å². The lowest BCUT2D eigenvalue weighted by molar-refractivity contribution is -0.144. The third kappa shape index (κ3) is 5.00. The number of carbonyl (C=O) groups excluding carboxylic acids is 1. The van der Waals surface area contributed by atoms with E-state index in [2.05, 4.69) is 10.3 Å². The van der Waals surface area contributed by atoms with E-state index in [0.717, 1.165) is 0 Å². The largest absolute Gasteiger partial charge is 0.480 e. The molecule has 1 heterocycles. The number of ether oxygens (including phenoxy) is 2. The lowest BCUT2D eigenvalue weighted by Crippen LogP contribution is -2.52. The molecule has 122 valence electrons. The van der Waals surface area contributed by atoms with E-state index in [0.29, 0.717) is 31.6 Å². The van der Waals surface area contributed by atoms with Crippen molar-refractivity contribution >= 4 is 11.9 Å². The van der Waals surface area contributed by atoms with Crippen LogP contribution in [0.4, 0.5) is 0 Å². The van der Waals surface area contributed by atoms with Gasteiger partial charge in [-0.1, -0.05) is 13.3 Å². The number of amides is 1. The molecule has 0 bridgehead atoms. The minimum absolute atomic E-state index is 0.289. The molecule has 7 heteroatoms. The van der Waals surface area contributed by atoms with Gasteiger partial charge in [0.15, 0.2) is 0 Å². The lowest BCUT2D eigenvalue weighted by Gasteiger charge is -2.25. The maximum Gasteiger partial charge on any atom is 0.329 e. The summed E-state index contributed by atoms with van der Waals surface area (Å²) in [7, 11) is 1.56. The molecular weight excluding hydrogens is 288 g/mol. The first kappa shape index (κ1) is 17.9. The van der Waals surface area contributed by atoms with Crippen molar-refractivity contribution in [2.75, 3.05) is 20.3 Å². The van der Waals surface area contributed by atoms with Gasteiger partial charge in [-0.2, -0.15) is 0 Å². The van der Waals surface area contributed by atoms with Gasteiger partial charge in [-0.25, -0.2) is 9.78 Å². The molecule has 1 rings (SSSR count). The number of methoxy groups -OCH3 is 1. The van der Waals surface area contributed by atoms with Gasteiger partial charge in [0.25, 0.3) is 5.91 Å². The molecule has 0 aliphatic carbocycles. The van der Waals surface area contributed by atoms with Gasteiger partial charge < -0.3 is 19.9 Å². The predicted molar refractivity (Wildman–Crippen MR) is 80.0 cm³/mol. The van der Waals surface area contributed by atoms with Crippen molar-refractivity contribution in [3.05, 3.63) is 23.9 Å². The predicted octanol–water partition coefficient (Wildman–Crippen LogP) is 1.48. The highest BCUT2D eigenvalue weighted by Gasteiger charge is 2.34.